The molecule has 122 valence electrons. The number of aryl methyl sites for hydroxylation is 1. The Morgan fingerprint density at radius 1 is 1.35 bits per heavy atom. The first kappa shape index (κ1) is 15.7. The molecule has 1 atom stereocenters. The van der Waals surface area contributed by atoms with Crippen molar-refractivity contribution in [1.29, 1.82) is 0 Å². The van der Waals surface area contributed by atoms with Crippen LogP contribution in [0.2, 0.25) is 0 Å². The van der Waals surface area contributed by atoms with Crippen molar-refractivity contribution in [3.63, 3.8) is 0 Å². The minimum atomic E-state index is -4.43. The van der Waals surface area contributed by atoms with Gasteiger partial charge in [0.2, 0.25) is 0 Å². The van der Waals surface area contributed by atoms with Gasteiger partial charge in [-0.2, -0.15) is 18.3 Å². The van der Waals surface area contributed by atoms with Crippen molar-refractivity contribution in [2.24, 2.45) is 7.05 Å². The quantitative estimate of drug-likeness (QED) is 0.787. The molecule has 0 fully saturated rings. The van der Waals surface area contributed by atoms with Crippen molar-refractivity contribution >= 4 is 28.2 Å². The highest BCUT2D eigenvalue weighted by molar-refractivity contribution is 7.09. The van der Waals surface area contributed by atoms with Crippen LogP contribution < -0.4 is 5.32 Å². The molecular weight excluding hydrogens is 329 g/mol. The van der Waals surface area contributed by atoms with Crippen LogP contribution in [0.5, 0.6) is 0 Å². The Hall–Kier alpha value is -2.23. The van der Waals surface area contributed by atoms with Crippen LogP contribution in [0.25, 0.3) is 11.0 Å². The molecule has 0 spiro atoms. The summed E-state index contributed by atoms with van der Waals surface area (Å²) in [4.78, 5) is 12.0. The number of halogens is 3. The molecule has 0 amide bonds. The van der Waals surface area contributed by atoms with Crippen molar-refractivity contribution in [3.05, 3.63) is 28.6 Å². The number of hydrogen-bond donors (Lipinski definition) is 1. The van der Waals surface area contributed by atoms with Crippen LogP contribution in [0.4, 0.5) is 19.0 Å². The third-order valence-electron chi connectivity index (χ3n) is 3.36. The monoisotopic (exact) mass is 342 g/mol. The van der Waals surface area contributed by atoms with Gasteiger partial charge in [0.05, 0.1) is 17.6 Å². The second kappa shape index (κ2) is 5.76. The van der Waals surface area contributed by atoms with Crippen molar-refractivity contribution in [2.45, 2.75) is 25.6 Å². The van der Waals surface area contributed by atoms with Crippen LogP contribution >= 0.6 is 11.3 Å². The minimum absolute atomic E-state index is 0.366. The minimum Gasteiger partial charge on any atom is -0.360 e. The first-order valence-electron chi connectivity index (χ1n) is 6.82. The number of thiazole rings is 1. The average molecular weight is 342 g/mol. The second-order valence-electron chi connectivity index (χ2n) is 4.90. The molecule has 0 saturated heterocycles. The van der Waals surface area contributed by atoms with Crippen LogP contribution in [0, 0.1) is 0 Å². The largest absolute Gasteiger partial charge is 0.434 e. The van der Waals surface area contributed by atoms with E-state index in [0.29, 0.717) is 28.3 Å². The molecular formula is C13H13F3N6S. The van der Waals surface area contributed by atoms with Crippen molar-refractivity contribution in [2.75, 3.05) is 5.32 Å². The molecule has 0 bridgehead atoms. The Morgan fingerprint density at radius 2 is 2.13 bits per heavy atom. The van der Waals surface area contributed by atoms with Crippen LogP contribution in [0.15, 0.2) is 17.9 Å². The first-order valence-corrected chi connectivity index (χ1v) is 7.70. The van der Waals surface area contributed by atoms with E-state index in [1.165, 1.54) is 6.33 Å². The Kier molecular flexibility index (Phi) is 3.92. The number of nitrogens with zero attached hydrogens (tertiary/aromatic N) is 5. The maximum absolute atomic E-state index is 12.7. The molecule has 3 rings (SSSR count). The molecule has 0 aromatic carbocycles. The van der Waals surface area contributed by atoms with E-state index in [-0.39, 0.29) is 6.04 Å². The molecule has 0 saturated carbocycles. The van der Waals surface area contributed by atoms with Gasteiger partial charge in [-0.05, 0) is 6.42 Å². The van der Waals surface area contributed by atoms with Crippen molar-refractivity contribution in [3.8, 4) is 0 Å². The summed E-state index contributed by atoms with van der Waals surface area (Å²) in [5, 5.41) is 9.36. The first-order chi connectivity index (χ1) is 10.9. The van der Waals surface area contributed by atoms with Gasteiger partial charge in [-0.1, -0.05) is 6.92 Å². The molecule has 3 aromatic heterocycles. The molecule has 10 heteroatoms. The molecule has 0 radical (unpaired) electrons. The molecule has 0 aliphatic rings. The third kappa shape index (κ3) is 2.98. The molecule has 0 aliphatic carbocycles. The third-order valence-corrected chi connectivity index (χ3v) is 4.32. The van der Waals surface area contributed by atoms with E-state index >= 15 is 0 Å². The predicted octanol–water partition coefficient (Wildman–Crippen LogP) is 3.40. The van der Waals surface area contributed by atoms with Crippen LogP contribution in [0.3, 0.4) is 0 Å². The van der Waals surface area contributed by atoms with E-state index in [2.05, 4.69) is 25.4 Å². The van der Waals surface area contributed by atoms with Gasteiger partial charge >= 0.3 is 6.18 Å². The Bertz CT molecular complexity index is 825. The number of anilines is 1. The lowest BCUT2D eigenvalue weighted by molar-refractivity contribution is -0.140. The van der Waals surface area contributed by atoms with E-state index < -0.39 is 11.9 Å². The summed E-state index contributed by atoms with van der Waals surface area (Å²) in [5.74, 6) is 0.527. The average Bonchev–Trinajstić information content (AvgIpc) is 3.12. The van der Waals surface area contributed by atoms with Crippen molar-refractivity contribution in [1.82, 2.24) is 24.7 Å². The fourth-order valence-corrected chi connectivity index (χ4v) is 3.12. The van der Waals surface area contributed by atoms with Gasteiger partial charge in [-0.25, -0.2) is 15.0 Å². The zero-order chi connectivity index (χ0) is 16.6. The number of hydrogen-bond acceptors (Lipinski definition) is 6. The molecule has 1 unspecified atom stereocenters. The number of nitrogens with one attached hydrogen (secondary N) is 1. The predicted molar refractivity (Wildman–Crippen MR) is 80.1 cm³/mol. The molecule has 3 aromatic rings. The fraction of sp³-hybridized carbons (Fsp3) is 0.385. The summed E-state index contributed by atoms with van der Waals surface area (Å²) >= 11 is 0.981. The Balaban J connectivity index is 1.91. The second-order valence-corrected chi connectivity index (χ2v) is 5.79. The van der Waals surface area contributed by atoms with E-state index in [9.17, 15) is 13.2 Å². The van der Waals surface area contributed by atoms with E-state index in [4.69, 9.17) is 0 Å². The van der Waals surface area contributed by atoms with E-state index in [1.54, 1.807) is 17.9 Å². The molecule has 1 N–H and O–H groups in total. The van der Waals surface area contributed by atoms with Gasteiger partial charge in [-0.3, -0.25) is 4.68 Å². The van der Waals surface area contributed by atoms with Crippen LogP contribution in [0.1, 0.15) is 30.1 Å². The van der Waals surface area contributed by atoms with E-state index in [1.807, 2.05) is 6.92 Å². The van der Waals surface area contributed by atoms with E-state index in [0.717, 1.165) is 16.7 Å². The molecule has 3 heterocycles. The number of fused-ring (bicyclic) bond motifs is 1. The molecule has 6 nitrogen and oxygen atoms in total. The summed E-state index contributed by atoms with van der Waals surface area (Å²) in [7, 11) is 1.76. The lowest BCUT2D eigenvalue weighted by Crippen LogP contribution is -2.12. The topological polar surface area (TPSA) is 68.5 Å². The Labute approximate surface area is 133 Å². The fourth-order valence-electron chi connectivity index (χ4n) is 2.16. The summed E-state index contributed by atoms with van der Waals surface area (Å²) in [6.07, 6.45) is -0.857. The maximum Gasteiger partial charge on any atom is 0.434 e. The zero-order valence-electron chi connectivity index (χ0n) is 12.3. The van der Waals surface area contributed by atoms with Gasteiger partial charge in [-0.15, -0.1) is 11.3 Å². The molecule has 23 heavy (non-hydrogen) atoms. The number of rotatable bonds is 4. The van der Waals surface area contributed by atoms with Crippen molar-refractivity contribution < 1.29 is 13.2 Å². The highest BCUT2D eigenvalue weighted by atomic mass is 32.1. The summed E-state index contributed by atoms with van der Waals surface area (Å²) in [6.45, 7) is 1.87. The number of aromatic nitrogens is 5. The normalized spacial score (nSPS) is 13.4. The maximum atomic E-state index is 12.7. The summed E-state index contributed by atoms with van der Waals surface area (Å²) in [5.41, 5.74) is -0.223. The van der Waals surface area contributed by atoms with Gasteiger partial charge in [0.25, 0.3) is 0 Å². The van der Waals surface area contributed by atoms with Gasteiger partial charge in [0.15, 0.2) is 11.3 Å². The molecule has 0 aliphatic heterocycles. The summed E-state index contributed by atoms with van der Waals surface area (Å²) in [6, 6.07) is -0.366. The lowest BCUT2D eigenvalue weighted by atomic mass is 10.2. The number of alkyl halides is 3. The summed E-state index contributed by atoms with van der Waals surface area (Å²) < 4.78 is 39.7. The lowest BCUT2D eigenvalue weighted by Gasteiger charge is -2.15. The standard InChI is InChI=1S/C13H13F3N6S/c1-3-8(12-21-9(5-23-12)13(14,15)16)20-10-7-4-19-22(2)11(7)18-6-17-10/h4-6,8H,3H2,1-2H3,(H,17,18,20). The van der Waals surface area contributed by atoms with Gasteiger partial charge in [0.1, 0.15) is 17.2 Å². The SMILES string of the molecule is CCC(Nc1ncnc2c1cnn2C)c1nc(C(F)(F)F)cs1. The smallest absolute Gasteiger partial charge is 0.360 e. The highest BCUT2D eigenvalue weighted by Crippen LogP contribution is 2.33. The van der Waals surface area contributed by atoms with Crippen LogP contribution in [-0.4, -0.2) is 24.7 Å². The highest BCUT2D eigenvalue weighted by Gasteiger charge is 2.34. The van der Waals surface area contributed by atoms with Gasteiger partial charge < -0.3 is 5.32 Å². The van der Waals surface area contributed by atoms with Gasteiger partial charge in [0, 0.05) is 12.4 Å². The zero-order valence-corrected chi connectivity index (χ0v) is 13.1. The van der Waals surface area contributed by atoms with Crippen LogP contribution in [-0.2, 0) is 13.2 Å². The Morgan fingerprint density at radius 3 is 2.78 bits per heavy atom.